The number of nitrogens with zero attached hydrogens (tertiary/aromatic N) is 3. The smallest absolute Gasteiger partial charge is 0.331 e. The summed E-state index contributed by atoms with van der Waals surface area (Å²) in [6, 6.07) is 8.28. The average Bonchev–Trinajstić information content (AvgIpc) is 3.15. The summed E-state index contributed by atoms with van der Waals surface area (Å²) in [6.45, 7) is 6.64. The van der Waals surface area contributed by atoms with Crippen LogP contribution in [0.1, 0.15) is 39.2 Å². The van der Waals surface area contributed by atoms with Gasteiger partial charge < -0.3 is 4.74 Å². The predicted octanol–water partition coefficient (Wildman–Crippen LogP) is 4.46. The number of imidazole rings is 1. The Morgan fingerprint density at radius 1 is 1.28 bits per heavy atom. The van der Waals surface area contributed by atoms with Crippen LogP contribution in [0.3, 0.4) is 0 Å². The lowest BCUT2D eigenvalue weighted by atomic mass is 10.0. The van der Waals surface area contributed by atoms with E-state index in [-0.39, 0.29) is 11.6 Å². The molecule has 1 unspecified atom stereocenters. The molecule has 1 aromatic carbocycles. The summed E-state index contributed by atoms with van der Waals surface area (Å²) in [5.74, 6) is 0. The number of ether oxygens (including phenoxy) is 1. The van der Waals surface area contributed by atoms with Crippen LogP contribution >= 0.6 is 15.9 Å². The summed E-state index contributed by atoms with van der Waals surface area (Å²) in [5.41, 5.74) is 0.319. The van der Waals surface area contributed by atoms with E-state index in [1.54, 1.807) is 12.4 Å². The van der Waals surface area contributed by atoms with Crippen molar-refractivity contribution in [3.05, 3.63) is 53.0 Å². The number of benzene rings is 1. The minimum Gasteiger partial charge on any atom is -0.348 e. The molecular formula is C19H24BrN3O2. The van der Waals surface area contributed by atoms with E-state index in [0.29, 0.717) is 6.54 Å². The summed E-state index contributed by atoms with van der Waals surface area (Å²) in [4.78, 5) is 18.7. The van der Waals surface area contributed by atoms with Crippen molar-refractivity contribution in [2.45, 2.75) is 51.4 Å². The molecule has 0 bridgehead atoms. The number of carbonyl (C=O) groups excluding carboxylic acids is 1. The first-order chi connectivity index (χ1) is 11.8. The number of aryl methyl sites for hydroxylation is 1. The molecule has 2 heterocycles. The molecule has 0 N–H and O–H groups in total. The van der Waals surface area contributed by atoms with Gasteiger partial charge in [0, 0.05) is 16.9 Å². The summed E-state index contributed by atoms with van der Waals surface area (Å²) >= 11 is 3.46. The zero-order valence-electron chi connectivity index (χ0n) is 14.9. The van der Waals surface area contributed by atoms with Gasteiger partial charge in [0.05, 0.1) is 12.1 Å². The van der Waals surface area contributed by atoms with E-state index >= 15 is 0 Å². The van der Waals surface area contributed by atoms with Crippen molar-refractivity contribution < 1.29 is 9.53 Å². The standard InChI is InChI=1S/C19H24BrN3O2/c1-18(2)13-23(17(24)22-12-11-21-14-22)19(3,25-18)10-4-5-15-6-8-16(20)9-7-15/h6-9,11-12,14H,4-5,10,13H2,1-3H3. The molecule has 3 rings (SSSR count). The monoisotopic (exact) mass is 405 g/mol. The Kier molecular flexibility index (Phi) is 5.02. The van der Waals surface area contributed by atoms with Gasteiger partial charge in [-0.25, -0.2) is 9.78 Å². The van der Waals surface area contributed by atoms with Crippen molar-refractivity contribution in [2.75, 3.05) is 6.54 Å². The number of hydrogen-bond acceptors (Lipinski definition) is 3. The van der Waals surface area contributed by atoms with Crippen LogP contribution in [0.15, 0.2) is 47.5 Å². The maximum Gasteiger partial charge on any atom is 0.331 e. The van der Waals surface area contributed by atoms with Crippen LogP contribution in [0.25, 0.3) is 0 Å². The molecule has 1 atom stereocenters. The van der Waals surface area contributed by atoms with Crippen molar-refractivity contribution in [3.63, 3.8) is 0 Å². The SMILES string of the molecule is CC1(C)CN(C(=O)n2ccnc2)C(C)(CCCc2ccc(Br)cc2)O1. The molecular weight excluding hydrogens is 382 g/mol. The Balaban J connectivity index is 1.69. The Morgan fingerprint density at radius 3 is 2.64 bits per heavy atom. The van der Waals surface area contributed by atoms with Crippen LogP contribution in [0.4, 0.5) is 4.79 Å². The van der Waals surface area contributed by atoms with Gasteiger partial charge in [0.1, 0.15) is 12.1 Å². The van der Waals surface area contributed by atoms with Crippen LogP contribution in [0.2, 0.25) is 0 Å². The highest BCUT2D eigenvalue weighted by Crippen LogP contribution is 2.37. The van der Waals surface area contributed by atoms with E-state index in [1.165, 1.54) is 16.5 Å². The van der Waals surface area contributed by atoms with Gasteiger partial charge in [0.15, 0.2) is 0 Å². The van der Waals surface area contributed by atoms with Gasteiger partial charge in [-0.2, -0.15) is 0 Å². The normalized spacial score (nSPS) is 22.3. The summed E-state index contributed by atoms with van der Waals surface area (Å²) in [6.07, 6.45) is 7.52. The van der Waals surface area contributed by atoms with E-state index in [2.05, 4.69) is 45.2 Å². The molecule has 0 saturated carbocycles. The molecule has 0 radical (unpaired) electrons. The maximum absolute atomic E-state index is 12.8. The van der Waals surface area contributed by atoms with Crippen LogP contribution in [-0.4, -0.2) is 38.4 Å². The van der Waals surface area contributed by atoms with E-state index < -0.39 is 5.72 Å². The zero-order valence-corrected chi connectivity index (χ0v) is 16.5. The fraction of sp³-hybridized carbons (Fsp3) is 0.474. The van der Waals surface area contributed by atoms with Gasteiger partial charge >= 0.3 is 6.03 Å². The summed E-state index contributed by atoms with van der Waals surface area (Å²) in [7, 11) is 0. The van der Waals surface area contributed by atoms with Crippen LogP contribution in [0, 0.1) is 0 Å². The number of carbonyl (C=O) groups is 1. The molecule has 5 nitrogen and oxygen atoms in total. The largest absolute Gasteiger partial charge is 0.348 e. The third kappa shape index (κ3) is 4.12. The van der Waals surface area contributed by atoms with Gasteiger partial charge in [-0.3, -0.25) is 9.47 Å². The lowest BCUT2D eigenvalue weighted by molar-refractivity contribution is -0.111. The van der Waals surface area contributed by atoms with Crippen LogP contribution in [-0.2, 0) is 11.2 Å². The number of amides is 1. The minimum atomic E-state index is -0.611. The van der Waals surface area contributed by atoms with E-state index in [9.17, 15) is 4.79 Å². The van der Waals surface area contributed by atoms with Crippen LogP contribution < -0.4 is 0 Å². The molecule has 1 fully saturated rings. The molecule has 1 aliphatic heterocycles. The van der Waals surface area contributed by atoms with Crippen LogP contribution in [0.5, 0.6) is 0 Å². The molecule has 134 valence electrons. The second-order valence-corrected chi connectivity index (χ2v) is 8.27. The molecule has 6 heteroatoms. The molecule has 2 aromatic rings. The van der Waals surface area contributed by atoms with E-state index in [1.807, 2.05) is 25.7 Å². The quantitative estimate of drug-likeness (QED) is 0.753. The third-order valence-electron chi connectivity index (χ3n) is 4.58. The first kappa shape index (κ1) is 18.1. The van der Waals surface area contributed by atoms with E-state index in [4.69, 9.17) is 4.74 Å². The second-order valence-electron chi connectivity index (χ2n) is 7.36. The minimum absolute atomic E-state index is 0.0887. The van der Waals surface area contributed by atoms with Crippen molar-refractivity contribution in [1.82, 2.24) is 14.5 Å². The van der Waals surface area contributed by atoms with Crippen molar-refractivity contribution >= 4 is 22.0 Å². The molecule has 0 aliphatic carbocycles. The van der Waals surface area contributed by atoms with Gasteiger partial charge in [-0.1, -0.05) is 28.1 Å². The molecule has 1 aliphatic rings. The lowest BCUT2D eigenvalue weighted by Gasteiger charge is -2.34. The highest BCUT2D eigenvalue weighted by Gasteiger charge is 2.49. The maximum atomic E-state index is 12.8. The molecule has 0 spiro atoms. The summed E-state index contributed by atoms with van der Waals surface area (Å²) < 4.78 is 8.89. The average molecular weight is 406 g/mol. The van der Waals surface area contributed by atoms with Gasteiger partial charge in [-0.15, -0.1) is 0 Å². The molecule has 25 heavy (non-hydrogen) atoms. The molecule has 1 aromatic heterocycles. The Bertz CT molecular complexity index is 728. The highest BCUT2D eigenvalue weighted by molar-refractivity contribution is 9.10. The fourth-order valence-corrected chi connectivity index (χ4v) is 3.73. The Morgan fingerprint density at radius 2 is 2.00 bits per heavy atom. The Labute approximate surface area is 157 Å². The lowest BCUT2D eigenvalue weighted by Crippen LogP contribution is -2.47. The number of halogens is 1. The van der Waals surface area contributed by atoms with Crippen molar-refractivity contribution in [1.29, 1.82) is 0 Å². The first-order valence-corrected chi connectivity index (χ1v) is 9.33. The first-order valence-electron chi connectivity index (χ1n) is 8.54. The van der Waals surface area contributed by atoms with Gasteiger partial charge in [-0.05, 0) is 57.7 Å². The third-order valence-corrected chi connectivity index (χ3v) is 5.11. The van der Waals surface area contributed by atoms with Crippen molar-refractivity contribution in [2.24, 2.45) is 0 Å². The predicted molar refractivity (Wildman–Crippen MR) is 100 cm³/mol. The highest BCUT2D eigenvalue weighted by atomic mass is 79.9. The summed E-state index contributed by atoms with van der Waals surface area (Å²) in [5, 5.41) is 0. The van der Waals surface area contributed by atoms with E-state index in [0.717, 1.165) is 23.7 Å². The van der Waals surface area contributed by atoms with Crippen molar-refractivity contribution in [3.8, 4) is 0 Å². The number of hydrogen-bond donors (Lipinski definition) is 0. The second kappa shape index (κ2) is 6.92. The molecule has 1 amide bonds. The fourth-order valence-electron chi connectivity index (χ4n) is 3.47. The number of rotatable bonds is 4. The van der Waals surface area contributed by atoms with Gasteiger partial charge in [0.2, 0.25) is 0 Å². The van der Waals surface area contributed by atoms with Gasteiger partial charge in [0.25, 0.3) is 0 Å². The Hall–Kier alpha value is -1.66. The molecule has 1 saturated heterocycles. The topological polar surface area (TPSA) is 47.4 Å². The number of aromatic nitrogens is 2. The zero-order chi connectivity index (χ0) is 18.1.